The molecule has 4 rings (SSSR count). The number of piperazine rings is 1. The first-order valence-electron chi connectivity index (χ1n) is 7.19. The Hall–Kier alpha value is -2.19. The number of fused-ring (bicyclic) bond motifs is 1. The molecule has 9 heteroatoms. The number of H-pyrrole nitrogens is 1. The molecule has 1 aliphatic rings. The average Bonchev–Trinajstić information content (AvgIpc) is 3.23. The lowest BCUT2D eigenvalue weighted by molar-refractivity contribution is 0.0751. The van der Waals surface area contributed by atoms with E-state index < -0.39 is 0 Å². The molecule has 7 nitrogen and oxygen atoms in total. The zero-order valence-electron chi connectivity index (χ0n) is 12.1. The van der Waals surface area contributed by atoms with Gasteiger partial charge in [0.15, 0.2) is 0 Å². The molecule has 0 spiro atoms. The molecule has 1 aliphatic heterocycles. The fourth-order valence-electron chi connectivity index (χ4n) is 2.70. The van der Waals surface area contributed by atoms with E-state index in [4.69, 9.17) is 11.6 Å². The lowest BCUT2D eigenvalue weighted by Crippen LogP contribution is -2.49. The number of tetrazole rings is 1. The molecule has 118 valence electrons. The van der Waals surface area contributed by atoms with Crippen LogP contribution in [0.25, 0.3) is 10.1 Å². The smallest absolute Gasteiger partial charge is 0.265 e. The van der Waals surface area contributed by atoms with Crippen molar-refractivity contribution in [2.75, 3.05) is 31.1 Å². The third-order valence-corrected chi connectivity index (χ3v) is 5.58. The van der Waals surface area contributed by atoms with E-state index in [1.165, 1.54) is 11.3 Å². The van der Waals surface area contributed by atoms with E-state index in [2.05, 4.69) is 20.6 Å². The molecule has 0 atom stereocenters. The van der Waals surface area contributed by atoms with Crippen LogP contribution in [0.4, 0.5) is 5.95 Å². The van der Waals surface area contributed by atoms with Crippen LogP contribution in [-0.4, -0.2) is 57.6 Å². The van der Waals surface area contributed by atoms with Gasteiger partial charge in [-0.15, -0.1) is 16.4 Å². The third-order valence-electron chi connectivity index (χ3n) is 3.91. The molecule has 0 saturated carbocycles. The number of anilines is 1. The van der Waals surface area contributed by atoms with E-state index in [0.29, 0.717) is 42.0 Å². The Kier molecular flexibility index (Phi) is 3.62. The number of amides is 1. The first-order chi connectivity index (χ1) is 11.2. The molecule has 0 radical (unpaired) electrons. The van der Waals surface area contributed by atoms with Crippen molar-refractivity contribution in [1.29, 1.82) is 0 Å². The second kappa shape index (κ2) is 5.78. The Labute approximate surface area is 140 Å². The molecule has 0 bridgehead atoms. The number of nitrogens with one attached hydrogen (secondary N) is 1. The van der Waals surface area contributed by atoms with Crippen LogP contribution in [0.5, 0.6) is 0 Å². The van der Waals surface area contributed by atoms with E-state index in [-0.39, 0.29) is 5.91 Å². The summed E-state index contributed by atoms with van der Waals surface area (Å²) in [5.74, 6) is 0.556. The Balaban J connectivity index is 1.52. The summed E-state index contributed by atoms with van der Waals surface area (Å²) in [6.45, 7) is 2.57. The molecular formula is C14H13ClN6OS. The van der Waals surface area contributed by atoms with Gasteiger partial charge >= 0.3 is 0 Å². The Morgan fingerprint density at radius 3 is 2.70 bits per heavy atom. The highest BCUT2D eigenvalue weighted by molar-refractivity contribution is 7.21. The first-order valence-corrected chi connectivity index (χ1v) is 8.38. The van der Waals surface area contributed by atoms with E-state index >= 15 is 0 Å². The number of aromatic amines is 1. The lowest BCUT2D eigenvalue weighted by atomic mass is 10.2. The van der Waals surface area contributed by atoms with Gasteiger partial charge in [0.05, 0.1) is 5.02 Å². The maximum atomic E-state index is 12.8. The fraction of sp³-hybridized carbons (Fsp3) is 0.286. The molecule has 3 aromatic rings. The van der Waals surface area contributed by atoms with Gasteiger partial charge in [-0.1, -0.05) is 34.9 Å². The van der Waals surface area contributed by atoms with Crippen LogP contribution in [0.1, 0.15) is 9.67 Å². The quantitative estimate of drug-likeness (QED) is 0.766. The summed E-state index contributed by atoms with van der Waals surface area (Å²) in [7, 11) is 0. The van der Waals surface area contributed by atoms with Crippen molar-refractivity contribution in [2.45, 2.75) is 0 Å². The number of nitrogens with zero attached hydrogens (tertiary/aromatic N) is 5. The molecule has 1 saturated heterocycles. The Morgan fingerprint density at radius 1 is 1.22 bits per heavy atom. The van der Waals surface area contributed by atoms with E-state index in [1.807, 2.05) is 34.1 Å². The zero-order valence-corrected chi connectivity index (χ0v) is 13.6. The molecule has 0 aliphatic carbocycles. The van der Waals surface area contributed by atoms with Crippen LogP contribution < -0.4 is 4.90 Å². The van der Waals surface area contributed by atoms with Gasteiger partial charge in [0.2, 0.25) is 0 Å². The molecule has 1 aromatic carbocycles. The number of hydrogen-bond acceptors (Lipinski definition) is 6. The predicted molar refractivity (Wildman–Crippen MR) is 89.1 cm³/mol. The summed E-state index contributed by atoms with van der Waals surface area (Å²) in [5.41, 5.74) is 0. The summed E-state index contributed by atoms with van der Waals surface area (Å²) in [5, 5.41) is 15.4. The Bertz CT molecular complexity index is 840. The van der Waals surface area contributed by atoms with Crippen molar-refractivity contribution in [2.24, 2.45) is 0 Å². The topological polar surface area (TPSA) is 78.0 Å². The highest BCUT2D eigenvalue weighted by Crippen LogP contribution is 2.36. The molecule has 1 N–H and O–H groups in total. The number of thiophene rings is 1. The summed E-state index contributed by atoms with van der Waals surface area (Å²) in [4.78, 5) is 17.2. The molecule has 23 heavy (non-hydrogen) atoms. The predicted octanol–water partition coefficient (Wildman–Crippen LogP) is 2.03. The van der Waals surface area contributed by atoms with Crippen LogP contribution in [-0.2, 0) is 0 Å². The van der Waals surface area contributed by atoms with Gasteiger partial charge in [-0.05, 0) is 11.3 Å². The van der Waals surface area contributed by atoms with Gasteiger partial charge in [-0.25, -0.2) is 0 Å². The molecule has 3 heterocycles. The molecular weight excluding hydrogens is 336 g/mol. The number of rotatable bonds is 2. The van der Waals surface area contributed by atoms with Crippen molar-refractivity contribution in [3.8, 4) is 0 Å². The van der Waals surface area contributed by atoms with Crippen LogP contribution in [0.3, 0.4) is 0 Å². The van der Waals surface area contributed by atoms with Gasteiger partial charge < -0.3 is 9.80 Å². The summed E-state index contributed by atoms with van der Waals surface area (Å²) < 4.78 is 1.03. The van der Waals surface area contributed by atoms with Crippen LogP contribution in [0.15, 0.2) is 24.3 Å². The van der Waals surface area contributed by atoms with E-state index in [9.17, 15) is 4.79 Å². The maximum absolute atomic E-state index is 12.8. The molecule has 1 fully saturated rings. The zero-order chi connectivity index (χ0) is 15.8. The van der Waals surface area contributed by atoms with Gasteiger partial charge in [0.25, 0.3) is 11.9 Å². The highest BCUT2D eigenvalue weighted by atomic mass is 35.5. The minimum Gasteiger partial charge on any atom is -0.335 e. The lowest BCUT2D eigenvalue weighted by Gasteiger charge is -2.33. The van der Waals surface area contributed by atoms with Crippen LogP contribution in [0.2, 0.25) is 5.02 Å². The Morgan fingerprint density at radius 2 is 2.00 bits per heavy atom. The number of aromatic nitrogens is 4. The largest absolute Gasteiger partial charge is 0.335 e. The monoisotopic (exact) mass is 348 g/mol. The van der Waals surface area contributed by atoms with Crippen molar-refractivity contribution < 1.29 is 4.79 Å². The molecule has 1 amide bonds. The molecule has 0 unspecified atom stereocenters. The third kappa shape index (κ3) is 2.53. The second-order valence-corrected chi connectivity index (χ2v) is 6.66. The van der Waals surface area contributed by atoms with Crippen molar-refractivity contribution in [3.63, 3.8) is 0 Å². The van der Waals surface area contributed by atoms with Crippen LogP contribution >= 0.6 is 22.9 Å². The SMILES string of the molecule is O=C(c1sc2ccccc2c1Cl)N1CCN(c2nn[nH]n2)CC1. The van der Waals surface area contributed by atoms with Crippen molar-refractivity contribution >= 4 is 44.9 Å². The van der Waals surface area contributed by atoms with Gasteiger partial charge in [-0.3, -0.25) is 4.79 Å². The number of benzene rings is 1. The minimum absolute atomic E-state index is 0.0102. The van der Waals surface area contributed by atoms with Crippen molar-refractivity contribution in [1.82, 2.24) is 25.5 Å². The summed E-state index contributed by atoms with van der Waals surface area (Å²) in [6, 6.07) is 7.81. The highest BCUT2D eigenvalue weighted by Gasteiger charge is 2.27. The first kappa shape index (κ1) is 14.4. The minimum atomic E-state index is -0.0102. The van der Waals surface area contributed by atoms with E-state index in [0.717, 1.165) is 10.1 Å². The van der Waals surface area contributed by atoms with E-state index in [1.54, 1.807) is 0 Å². The number of carbonyl (C=O) groups is 1. The normalized spacial score (nSPS) is 15.3. The van der Waals surface area contributed by atoms with Crippen molar-refractivity contribution in [3.05, 3.63) is 34.2 Å². The average molecular weight is 349 g/mol. The number of carbonyl (C=O) groups excluding carboxylic acids is 1. The van der Waals surface area contributed by atoms with Gasteiger partial charge in [0, 0.05) is 36.3 Å². The van der Waals surface area contributed by atoms with Crippen LogP contribution in [0, 0.1) is 0 Å². The number of hydrogen-bond donors (Lipinski definition) is 1. The second-order valence-electron chi connectivity index (χ2n) is 5.23. The fourth-order valence-corrected chi connectivity index (χ4v) is 4.18. The van der Waals surface area contributed by atoms with Gasteiger partial charge in [-0.2, -0.15) is 5.21 Å². The number of halogens is 1. The van der Waals surface area contributed by atoms with Gasteiger partial charge in [0.1, 0.15) is 4.88 Å². The molecule has 2 aromatic heterocycles. The standard InChI is InChI=1S/C14H13ClN6OS/c15-11-9-3-1-2-4-10(9)23-12(11)13(22)20-5-7-21(8-6-20)14-16-18-19-17-14/h1-4H,5-8H2,(H,16,17,18,19). The summed E-state index contributed by atoms with van der Waals surface area (Å²) in [6.07, 6.45) is 0. The maximum Gasteiger partial charge on any atom is 0.265 e. The summed E-state index contributed by atoms with van der Waals surface area (Å²) >= 11 is 7.85.